The lowest BCUT2D eigenvalue weighted by atomic mass is 9.80. The summed E-state index contributed by atoms with van der Waals surface area (Å²) in [6, 6.07) is 1.84. The van der Waals surface area contributed by atoms with E-state index in [9.17, 15) is 10.0 Å². The predicted molar refractivity (Wildman–Crippen MR) is 73.2 cm³/mol. The first-order valence-corrected chi connectivity index (χ1v) is 6.40. The normalized spacial score (nSPS) is 17.0. The number of hydrogen-bond donors (Lipinski definition) is 2. The number of hydrogen-bond acceptors (Lipinski definition) is 5. The molecule has 2 rings (SSSR count). The molecule has 0 amide bonds. The molecule has 1 aliphatic rings. The van der Waals surface area contributed by atoms with Crippen molar-refractivity contribution in [3.05, 3.63) is 17.8 Å². The van der Waals surface area contributed by atoms with Gasteiger partial charge in [-0.1, -0.05) is 13.0 Å². The number of aryl methyl sites for hydroxylation is 1. The summed E-state index contributed by atoms with van der Waals surface area (Å²) in [5.74, 6) is 0.981. The third-order valence-corrected chi connectivity index (χ3v) is 3.45. The van der Waals surface area contributed by atoms with E-state index in [4.69, 9.17) is 0 Å². The number of piperazine rings is 1. The van der Waals surface area contributed by atoms with E-state index < -0.39 is 7.12 Å². The third kappa shape index (κ3) is 2.83. The van der Waals surface area contributed by atoms with E-state index in [1.165, 1.54) is 0 Å². The summed E-state index contributed by atoms with van der Waals surface area (Å²) < 4.78 is 0. The molecule has 5 nitrogen and oxygen atoms in total. The second kappa shape index (κ2) is 5.69. The van der Waals surface area contributed by atoms with Crippen molar-refractivity contribution in [2.24, 2.45) is 0 Å². The van der Waals surface area contributed by atoms with Crippen LogP contribution in [0.15, 0.2) is 12.3 Å². The smallest absolute Gasteiger partial charge is 0.423 e. The molecule has 6 heteroatoms. The summed E-state index contributed by atoms with van der Waals surface area (Å²) in [6.07, 6.45) is 2.40. The summed E-state index contributed by atoms with van der Waals surface area (Å²) in [7, 11) is 0.681. The van der Waals surface area contributed by atoms with E-state index in [0.717, 1.165) is 44.0 Å². The number of aromatic nitrogens is 1. The fourth-order valence-electron chi connectivity index (χ4n) is 2.23. The molecule has 0 radical (unpaired) electrons. The molecule has 0 spiro atoms. The Labute approximate surface area is 108 Å². The minimum absolute atomic E-state index is 0.463. The van der Waals surface area contributed by atoms with Gasteiger partial charge in [-0.3, -0.25) is 0 Å². The van der Waals surface area contributed by atoms with Crippen molar-refractivity contribution in [2.45, 2.75) is 13.3 Å². The van der Waals surface area contributed by atoms with Gasteiger partial charge in [0.1, 0.15) is 5.82 Å². The van der Waals surface area contributed by atoms with Crippen molar-refractivity contribution >= 4 is 18.4 Å². The highest BCUT2D eigenvalue weighted by atomic mass is 16.4. The predicted octanol–water partition coefficient (Wildman–Crippen LogP) is -0.924. The van der Waals surface area contributed by atoms with E-state index >= 15 is 0 Å². The van der Waals surface area contributed by atoms with Crippen LogP contribution < -0.4 is 10.4 Å². The fraction of sp³-hybridized carbons (Fsp3) is 0.583. The van der Waals surface area contributed by atoms with Gasteiger partial charge in [-0.05, 0) is 19.0 Å². The van der Waals surface area contributed by atoms with E-state index in [1.807, 2.05) is 6.07 Å². The Bertz CT molecular complexity index is 406. The maximum Gasteiger partial charge on any atom is 0.490 e. The van der Waals surface area contributed by atoms with Crippen LogP contribution in [0, 0.1) is 0 Å². The largest absolute Gasteiger partial charge is 0.490 e. The zero-order valence-electron chi connectivity index (χ0n) is 11.0. The maximum atomic E-state index is 9.17. The molecule has 1 aromatic rings. The van der Waals surface area contributed by atoms with Crippen LogP contribution in [-0.4, -0.2) is 60.3 Å². The quantitative estimate of drug-likeness (QED) is 0.678. The van der Waals surface area contributed by atoms with Crippen molar-refractivity contribution < 1.29 is 10.0 Å². The van der Waals surface area contributed by atoms with Gasteiger partial charge in [-0.25, -0.2) is 4.98 Å². The highest BCUT2D eigenvalue weighted by Gasteiger charge is 2.20. The van der Waals surface area contributed by atoms with Gasteiger partial charge in [0.25, 0.3) is 0 Å². The summed E-state index contributed by atoms with van der Waals surface area (Å²) >= 11 is 0. The van der Waals surface area contributed by atoms with Gasteiger partial charge >= 0.3 is 7.12 Å². The molecule has 18 heavy (non-hydrogen) atoms. The molecule has 1 aliphatic heterocycles. The Balaban J connectivity index is 2.22. The zero-order valence-corrected chi connectivity index (χ0v) is 11.0. The Morgan fingerprint density at radius 2 is 1.94 bits per heavy atom. The van der Waals surface area contributed by atoms with E-state index in [1.54, 1.807) is 6.20 Å². The first kappa shape index (κ1) is 13.3. The van der Waals surface area contributed by atoms with Gasteiger partial charge < -0.3 is 19.8 Å². The Morgan fingerprint density at radius 3 is 2.50 bits per heavy atom. The molecule has 0 saturated carbocycles. The number of anilines is 1. The summed E-state index contributed by atoms with van der Waals surface area (Å²) in [6.45, 7) is 6.07. The van der Waals surface area contributed by atoms with Crippen LogP contribution >= 0.6 is 0 Å². The van der Waals surface area contributed by atoms with Gasteiger partial charge in [-0.15, -0.1) is 0 Å². The molecule has 2 heterocycles. The second-order valence-corrected chi connectivity index (χ2v) is 4.77. The highest BCUT2D eigenvalue weighted by molar-refractivity contribution is 6.58. The number of nitrogens with zero attached hydrogens (tertiary/aromatic N) is 3. The van der Waals surface area contributed by atoms with Gasteiger partial charge in [-0.2, -0.15) is 0 Å². The van der Waals surface area contributed by atoms with Crippen LogP contribution in [0.2, 0.25) is 0 Å². The molecular formula is C12H20BN3O2. The second-order valence-electron chi connectivity index (χ2n) is 4.77. The molecule has 1 saturated heterocycles. The molecule has 0 bridgehead atoms. The Morgan fingerprint density at radius 1 is 1.28 bits per heavy atom. The van der Waals surface area contributed by atoms with E-state index in [0.29, 0.717) is 5.46 Å². The molecule has 2 N–H and O–H groups in total. The molecule has 0 atom stereocenters. The molecular weight excluding hydrogens is 229 g/mol. The molecule has 0 aliphatic carbocycles. The van der Waals surface area contributed by atoms with E-state index in [-0.39, 0.29) is 0 Å². The van der Waals surface area contributed by atoms with Gasteiger partial charge in [0, 0.05) is 37.8 Å². The number of likely N-dealkylation sites (N-methyl/N-ethyl adjacent to an activating group) is 1. The standard InChI is InChI=1S/C12H20BN3O2/c1-3-10-8-11(13(17)18)9-14-12(10)16-6-4-15(2)5-7-16/h8-9,17-18H,3-7H2,1-2H3. The molecule has 1 fully saturated rings. The average molecular weight is 249 g/mol. The highest BCUT2D eigenvalue weighted by Crippen LogP contribution is 2.18. The lowest BCUT2D eigenvalue weighted by Gasteiger charge is -2.34. The first-order valence-electron chi connectivity index (χ1n) is 6.40. The van der Waals surface area contributed by atoms with Crippen LogP contribution in [0.5, 0.6) is 0 Å². The summed E-state index contributed by atoms with van der Waals surface area (Å²) in [5, 5.41) is 18.3. The molecule has 0 aromatic carbocycles. The van der Waals surface area contributed by atoms with Crippen molar-refractivity contribution in [1.29, 1.82) is 0 Å². The lowest BCUT2D eigenvalue weighted by Crippen LogP contribution is -2.45. The maximum absolute atomic E-state index is 9.17. The fourth-order valence-corrected chi connectivity index (χ4v) is 2.23. The van der Waals surface area contributed by atoms with Crippen LogP contribution in [-0.2, 0) is 6.42 Å². The monoisotopic (exact) mass is 249 g/mol. The van der Waals surface area contributed by atoms with Gasteiger partial charge in [0.05, 0.1) is 0 Å². The van der Waals surface area contributed by atoms with Crippen molar-refractivity contribution in [1.82, 2.24) is 9.88 Å². The molecule has 98 valence electrons. The van der Waals surface area contributed by atoms with Crippen molar-refractivity contribution in [3.8, 4) is 0 Å². The van der Waals surface area contributed by atoms with Crippen molar-refractivity contribution in [2.75, 3.05) is 38.1 Å². The molecule has 1 aromatic heterocycles. The van der Waals surface area contributed by atoms with Crippen LogP contribution in [0.4, 0.5) is 5.82 Å². The average Bonchev–Trinajstić information content (AvgIpc) is 2.39. The van der Waals surface area contributed by atoms with Gasteiger partial charge in [0.15, 0.2) is 0 Å². The topological polar surface area (TPSA) is 59.8 Å². The van der Waals surface area contributed by atoms with Crippen LogP contribution in [0.1, 0.15) is 12.5 Å². The number of rotatable bonds is 3. The van der Waals surface area contributed by atoms with E-state index in [2.05, 4.69) is 28.8 Å². The zero-order chi connectivity index (χ0) is 13.1. The third-order valence-electron chi connectivity index (χ3n) is 3.45. The lowest BCUT2D eigenvalue weighted by molar-refractivity contribution is 0.312. The van der Waals surface area contributed by atoms with Crippen LogP contribution in [0.3, 0.4) is 0 Å². The van der Waals surface area contributed by atoms with Crippen molar-refractivity contribution in [3.63, 3.8) is 0 Å². The Kier molecular flexibility index (Phi) is 4.21. The summed E-state index contributed by atoms with van der Waals surface area (Å²) in [5.41, 5.74) is 1.54. The summed E-state index contributed by atoms with van der Waals surface area (Å²) in [4.78, 5) is 8.98. The Hall–Kier alpha value is -1.11. The minimum atomic E-state index is -1.44. The number of pyridine rings is 1. The van der Waals surface area contributed by atoms with Crippen LogP contribution in [0.25, 0.3) is 0 Å². The first-order chi connectivity index (χ1) is 8.61. The molecule has 0 unspecified atom stereocenters. The minimum Gasteiger partial charge on any atom is -0.423 e. The van der Waals surface area contributed by atoms with Gasteiger partial charge in [0.2, 0.25) is 0 Å². The SMILES string of the molecule is CCc1cc(B(O)O)cnc1N1CCN(C)CC1.